The molecule has 0 atom stereocenters. The summed E-state index contributed by atoms with van der Waals surface area (Å²) in [5.74, 6) is -1.28. The second kappa shape index (κ2) is 5.42. The fourth-order valence-electron chi connectivity index (χ4n) is 1.51. The van der Waals surface area contributed by atoms with Crippen molar-refractivity contribution >= 4 is 34.7 Å². The summed E-state index contributed by atoms with van der Waals surface area (Å²) < 4.78 is 4.54. The number of hydrogen-bond donors (Lipinski definition) is 1. The zero-order chi connectivity index (χ0) is 14.0. The molecule has 0 unspecified atom stereocenters. The number of halogens is 1. The SMILES string of the molecule is COC(=O)c1cc(O)c(C(=O)c2ccccc2Cl)s1. The number of thiophene rings is 1. The summed E-state index contributed by atoms with van der Waals surface area (Å²) in [6.07, 6.45) is 0. The molecule has 2 rings (SSSR count). The van der Waals surface area contributed by atoms with Crippen LogP contribution in [0.3, 0.4) is 0 Å². The van der Waals surface area contributed by atoms with Crippen LogP contribution in [0.25, 0.3) is 0 Å². The molecule has 98 valence electrons. The lowest BCUT2D eigenvalue weighted by atomic mass is 10.1. The number of aromatic hydroxyl groups is 1. The topological polar surface area (TPSA) is 63.6 Å². The minimum atomic E-state index is -0.599. The Morgan fingerprint density at radius 2 is 2.00 bits per heavy atom. The van der Waals surface area contributed by atoms with E-state index in [2.05, 4.69) is 4.74 Å². The average molecular weight is 297 g/mol. The Kier molecular flexibility index (Phi) is 3.87. The van der Waals surface area contributed by atoms with E-state index >= 15 is 0 Å². The second-order valence-electron chi connectivity index (χ2n) is 3.63. The van der Waals surface area contributed by atoms with Gasteiger partial charge in [-0.15, -0.1) is 11.3 Å². The van der Waals surface area contributed by atoms with Gasteiger partial charge < -0.3 is 9.84 Å². The van der Waals surface area contributed by atoms with Crippen LogP contribution < -0.4 is 0 Å². The minimum Gasteiger partial charge on any atom is -0.506 e. The third kappa shape index (κ3) is 2.62. The molecular formula is C13H9ClO4S. The highest BCUT2D eigenvalue weighted by molar-refractivity contribution is 7.16. The maximum atomic E-state index is 12.2. The molecule has 1 aromatic heterocycles. The molecule has 0 spiro atoms. The summed E-state index contributed by atoms with van der Waals surface area (Å²) in [5, 5.41) is 10.0. The van der Waals surface area contributed by atoms with Crippen molar-refractivity contribution in [2.45, 2.75) is 0 Å². The van der Waals surface area contributed by atoms with Gasteiger partial charge >= 0.3 is 5.97 Å². The van der Waals surface area contributed by atoms with Gasteiger partial charge in [0.1, 0.15) is 15.5 Å². The Bertz CT molecular complexity index is 648. The molecule has 0 fully saturated rings. The molecule has 0 amide bonds. The number of ether oxygens (including phenoxy) is 1. The predicted molar refractivity (Wildman–Crippen MR) is 72.2 cm³/mol. The molecule has 0 bridgehead atoms. The molecule has 0 aliphatic carbocycles. The van der Waals surface area contributed by atoms with E-state index in [1.54, 1.807) is 24.3 Å². The lowest BCUT2D eigenvalue weighted by molar-refractivity contribution is 0.0606. The summed E-state index contributed by atoms with van der Waals surface area (Å²) in [6, 6.07) is 7.72. The highest BCUT2D eigenvalue weighted by Crippen LogP contribution is 2.32. The molecular weight excluding hydrogens is 288 g/mol. The van der Waals surface area contributed by atoms with Crippen molar-refractivity contribution in [1.82, 2.24) is 0 Å². The van der Waals surface area contributed by atoms with E-state index in [-0.39, 0.29) is 21.1 Å². The van der Waals surface area contributed by atoms with Crippen molar-refractivity contribution in [3.05, 3.63) is 50.7 Å². The van der Waals surface area contributed by atoms with E-state index in [1.807, 2.05) is 0 Å². The van der Waals surface area contributed by atoms with Crippen molar-refractivity contribution in [3.8, 4) is 5.75 Å². The molecule has 1 N–H and O–H groups in total. The van der Waals surface area contributed by atoms with Gasteiger partial charge in [-0.1, -0.05) is 23.7 Å². The zero-order valence-corrected chi connectivity index (χ0v) is 11.4. The second-order valence-corrected chi connectivity index (χ2v) is 5.08. The fourth-order valence-corrected chi connectivity index (χ4v) is 2.66. The molecule has 0 saturated heterocycles. The molecule has 0 aliphatic heterocycles. The van der Waals surface area contributed by atoms with Crippen LogP contribution in [0.5, 0.6) is 5.75 Å². The number of carbonyl (C=O) groups excluding carboxylic acids is 2. The first kappa shape index (κ1) is 13.6. The fraction of sp³-hybridized carbons (Fsp3) is 0.0769. The van der Waals surface area contributed by atoms with Gasteiger partial charge in [0.15, 0.2) is 0 Å². The van der Waals surface area contributed by atoms with E-state index in [9.17, 15) is 14.7 Å². The van der Waals surface area contributed by atoms with Gasteiger partial charge in [-0.3, -0.25) is 4.79 Å². The van der Waals surface area contributed by atoms with Crippen LogP contribution >= 0.6 is 22.9 Å². The van der Waals surface area contributed by atoms with Crippen LogP contribution in [0.1, 0.15) is 24.9 Å². The normalized spacial score (nSPS) is 10.2. The van der Waals surface area contributed by atoms with Crippen LogP contribution in [0.2, 0.25) is 5.02 Å². The van der Waals surface area contributed by atoms with Crippen LogP contribution in [0, 0.1) is 0 Å². The number of esters is 1. The van der Waals surface area contributed by atoms with Crippen molar-refractivity contribution in [2.24, 2.45) is 0 Å². The number of hydrogen-bond acceptors (Lipinski definition) is 5. The smallest absolute Gasteiger partial charge is 0.348 e. The first-order valence-electron chi connectivity index (χ1n) is 5.25. The number of rotatable bonds is 3. The summed E-state index contributed by atoms with van der Waals surface area (Å²) in [7, 11) is 1.23. The van der Waals surface area contributed by atoms with E-state index in [0.29, 0.717) is 5.02 Å². The van der Waals surface area contributed by atoms with Gasteiger partial charge in [0.05, 0.1) is 12.1 Å². The number of carbonyl (C=O) groups is 2. The predicted octanol–water partition coefficient (Wildman–Crippen LogP) is 3.12. The van der Waals surface area contributed by atoms with E-state index in [0.717, 1.165) is 11.3 Å². The lowest BCUT2D eigenvalue weighted by Gasteiger charge is -2.01. The number of benzene rings is 1. The van der Waals surface area contributed by atoms with Gasteiger partial charge in [0.25, 0.3) is 0 Å². The number of methoxy groups -OCH3 is 1. The molecule has 6 heteroatoms. The van der Waals surface area contributed by atoms with Crippen LogP contribution in [-0.2, 0) is 4.74 Å². The quantitative estimate of drug-likeness (QED) is 0.698. The van der Waals surface area contributed by atoms with Gasteiger partial charge in [0, 0.05) is 11.6 Å². The Hall–Kier alpha value is -1.85. The summed E-state index contributed by atoms with van der Waals surface area (Å²) >= 11 is 6.80. The van der Waals surface area contributed by atoms with Gasteiger partial charge in [0.2, 0.25) is 5.78 Å². The van der Waals surface area contributed by atoms with Gasteiger partial charge in [-0.25, -0.2) is 4.79 Å². The van der Waals surface area contributed by atoms with Crippen LogP contribution in [0.15, 0.2) is 30.3 Å². The molecule has 0 aliphatic rings. The molecule has 1 aromatic carbocycles. The maximum absolute atomic E-state index is 12.2. The largest absolute Gasteiger partial charge is 0.506 e. The summed E-state index contributed by atoms with van der Waals surface area (Å²) in [6.45, 7) is 0. The summed E-state index contributed by atoms with van der Waals surface area (Å²) in [4.78, 5) is 23.8. The Balaban J connectivity index is 2.43. The van der Waals surface area contributed by atoms with E-state index < -0.39 is 11.8 Å². The maximum Gasteiger partial charge on any atom is 0.348 e. The van der Waals surface area contributed by atoms with Crippen molar-refractivity contribution in [2.75, 3.05) is 7.11 Å². The van der Waals surface area contributed by atoms with Crippen molar-refractivity contribution in [1.29, 1.82) is 0 Å². The molecule has 2 aromatic rings. The third-order valence-electron chi connectivity index (χ3n) is 2.42. The highest BCUT2D eigenvalue weighted by atomic mass is 35.5. The Labute approximate surface area is 118 Å². The Morgan fingerprint density at radius 3 is 2.63 bits per heavy atom. The Morgan fingerprint density at radius 1 is 1.32 bits per heavy atom. The standard InChI is InChI=1S/C13H9ClO4S/c1-18-13(17)10-6-9(15)12(19-10)11(16)7-4-2-3-5-8(7)14/h2-6,15H,1H3. The molecule has 0 saturated carbocycles. The molecule has 4 nitrogen and oxygen atoms in total. The highest BCUT2D eigenvalue weighted by Gasteiger charge is 2.22. The number of ketones is 1. The average Bonchev–Trinajstić information content (AvgIpc) is 2.80. The van der Waals surface area contributed by atoms with Crippen LogP contribution in [-0.4, -0.2) is 24.0 Å². The first-order valence-corrected chi connectivity index (χ1v) is 6.44. The summed E-state index contributed by atoms with van der Waals surface area (Å²) in [5.41, 5.74) is 0.276. The monoisotopic (exact) mass is 296 g/mol. The minimum absolute atomic E-state index is 0.0634. The lowest BCUT2D eigenvalue weighted by Crippen LogP contribution is -2.00. The zero-order valence-electron chi connectivity index (χ0n) is 9.84. The first-order chi connectivity index (χ1) is 9.04. The van der Waals surface area contributed by atoms with Crippen LogP contribution in [0.4, 0.5) is 0 Å². The molecule has 19 heavy (non-hydrogen) atoms. The van der Waals surface area contributed by atoms with E-state index in [1.165, 1.54) is 13.2 Å². The van der Waals surface area contributed by atoms with E-state index in [4.69, 9.17) is 11.6 Å². The van der Waals surface area contributed by atoms with Gasteiger partial charge in [-0.05, 0) is 12.1 Å². The van der Waals surface area contributed by atoms with Crippen molar-refractivity contribution < 1.29 is 19.4 Å². The third-order valence-corrected chi connectivity index (χ3v) is 3.86. The van der Waals surface area contributed by atoms with Gasteiger partial charge in [-0.2, -0.15) is 0 Å². The van der Waals surface area contributed by atoms with Crippen molar-refractivity contribution in [3.63, 3.8) is 0 Å². The molecule has 1 heterocycles. The molecule has 0 radical (unpaired) electrons.